The molecule has 0 bridgehead atoms. The van der Waals surface area contributed by atoms with Crippen molar-refractivity contribution < 1.29 is 0 Å². The Balaban J connectivity index is 1.09. The maximum atomic E-state index is 2.49. The molecule has 0 nitrogen and oxygen atoms in total. The molecule has 0 spiro atoms. The minimum absolute atomic E-state index is 0.122. The Labute approximate surface area is 331 Å². The highest BCUT2D eigenvalue weighted by atomic mass is 14.3. The third kappa shape index (κ3) is 4.74. The Hall–Kier alpha value is -7.02. The Morgan fingerprint density at radius 2 is 0.842 bits per heavy atom. The van der Waals surface area contributed by atoms with E-state index >= 15 is 0 Å². The van der Waals surface area contributed by atoms with Gasteiger partial charge in [-0.25, -0.2) is 0 Å². The van der Waals surface area contributed by atoms with Crippen molar-refractivity contribution in [2.45, 2.75) is 13.8 Å². The second-order valence-electron chi connectivity index (χ2n) is 16.5. The first-order valence-electron chi connectivity index (χ1n) is 20.1. The van der Waals surface area contributed by atoms with Crippen LogP contribution >= 0.6 is 0 Å². The zero-order valence-corrected chi connectivity index (χ0v) is 32.0. The van der Waals surface area contributed by atoms with Gasteiger partial charge in [-0.2, -0.15) is 0 Å². The van der Waals surface area contributed by atoms with Crippen molar-refractivity contribution in [3.63, 3.8) is 0 Å². The summed E-state index contributed by atoms with van der Waals surface area (Å²) in [4.78, 5) is 0. The van der Waals surface area contributed by atoms with Crippen molar-refractivity contribution in [2.75, 3.05) is 0 Å². The number of hydrogen-bond acceptors (Lipinski definition) is 0. The molecule has 0 saturated carbocycles. The highest BCUT2D eigenvalue weighted by Gasteiger charge is 2.32. The lowest BCUT2D eigenvalue weighted by Crippen LogP contribution is -2.28. The van der Waals surface area contributed by atoms with Crippen LogP contribution in [0, 0.1) is 5.41 Å². The first-order chi connectivity index (χ1) is 28.0. The molecule has 0 saturated heterocycles. The Bertz CT molecular complexity index is 3530. The number of rotatable bonds is 3. The first-order valence-corrected chi connectivity index (χ1v) is 20.1. The monoisotopic (exact) mass is 722 g/mol. The maximum absolute atomic E-state index is 2.49. The Kier molecular flexibility index (Phi) is 6.78. The lowest BCUT2D eigenvalue weighted by molar-refractivity contribution is 0.645. The van der Waals surface area contributed by atoms with Crippen LogP contribution < -0.4 is 10.4 Å². The third-order valence-corrected chi connectivity index (χ3v) is 12.8. The molecule has 0 unspecified atom stereocenters. The van der Waals surface area contributed by atoms with Crippen LogP contribution in [-0.4, -0.2) is 0 Å². The smallest absolute Gasteiger partial charge is 0.00909 e. The third-order valence-electron chi connectivity index (χ3n) is 12.8. The van der Waals surface area contributed by atoms with Gasteiger partial charge in [0.2, 0.25) is 0 Å². The van der Waals surface area contributed by atoms with Crippen molar-refractivity contribution in [2.24, 2.45) is 5.41 Å². The molecule has 0 aromatic heterocycles. The van der Waals surface area contributed by atoms with Gasteiger partial charge in [0.25, 0.3) is 0 Å². The van der Waals surface area contributed by atoms with Crippen molar-refractivity contribution >= 4 is 81.9 Å². The van der Waals surface area contributed by atoms with Gasteiger partial charge in [0, 0.05) is 5.41 Å². The molecule has 10 aromatic rings. The van der Waals surface area contributed by atoms with E-state index in [0.29, 0.717) is 0 Å². The van der Waals surface area contributed by atoms with Gasteiger partial charge in [-0.15, -0.1) is 0 Å². The Morgan fingerprint density at radius 3 is 1.46 bits per heavy atom. The van der Waals surface area contributed by atoms with E-state index in [1.165, 1.54) is 120 Å². The quantitative estimate of drug-likeness (QED) is 0.126. The molecule has 57 heavy (non-hydrogen) atoms. The molecule has 266 valence electrons. The predicted molar refractivity (Wildman–Crippen MR) is 246 cm³/mol. The van der Waals surface area contributed by atoms with Gasteiger partial charge in [-0.05, 0) is 150 Å². The van der Waals surface area contributed by atoms with Gasteiger partial charge in [0.05, 0.1) is 0 Å². The minimum atomic E-state index is -0.122. The van der Waals surface area contributed by atoms with E-state index in [4.69, 9.17) is 0 Å². The van der Waals surface area contributed by atoms with E-state index in [1.807, 2.05) is 0 Å². The molecule has 2 aliphatic carbocycles. The van der Waals surface area contributed by atoms with Crippen LogP contribution in [0.15, 0.2) is 194 Å². The van der Waals surface area contributed by atoms with Gasteiger partial charge in [-0.3, -0.25) is 0 Å². The molecule has 0 heteroatoms. The van der Waals surface area contributed by atoms with E-state index in [0.717, 1.165) is 0 Å². The summed E-state index contributed by atoms with van der Waals surface area (Å²) in [6.45, 7) is 4.74. The van der Waals surface area contributed by atoms with Gasteiger partial charge < -0.3 is 0 Å². The topological polar surface area (TPSA) is 0 Å². The summed E-state index contributed by atoms with van der Waals surface area (Å²) < 4.78 is 0. The molecule has 0 fully saturated rings. The molecule has 0 atom stereocenters. The molecule has 0 amide bonds. The summed E-state index contributed by atoms with van der Waals surface area (Å²) in [5.41, 5.74) is 10.2. The van der Waals surface area contributed by atoms with E-state index in [-0.39, 0.29) is 5.41 Å². The van der Waals surface area contributed by atoms with Crippen LogP contribution in [0.4, 0.5) is 0 Å². The summed E-state index contributed by atoms with van der Waals surface area (Å²) in [7, 11) is 0. The van der Waals surface area contributed by atoms with Crippen molar-refractivity contribution in [3.8, 4) is 22.3 Å². The van der Waals surface area contributed by atoms with Crippen molar-refractivity contribution in [1.82, 2.24) is 0 Å². The molecular formula is C57H38. The summed E-state index contributed by atoms with van der Waals surface area (Å²) in [5.74, 6) is 0. The zero-order valence-electron chi connectivity index (χ0n) is 32.0. The van der Waals surface area contributed by atoms with E-state index in [9.17, 15) is 0 Å². The van der Waals surface area contributed by atoms with Crippen molar-refractivity contribution in [3.05, 3.63) is 210 Å². The Morgan fingerprint density at radius 1 is 0.351 bits per heavy atom. The van der Waals surface area contributed by atoms with E-state index in [1.54, 1.807) is 0 Å². The molecule has 0 radical (unpaired) electrons. The van der Waals surface area contributed by atoms with Crippen LogP contribution in [-0.2, 0) is 0 Å². The highest BCUT2D eigenvalue weighted by molar-refractivity contribution is 6.26. The molecule has 10 aromatic carbocycles. The lowest BCUT2D eigenvalue weighted by Gasteiger charge is -2.30. The summed E-state index contributed by atoms with van der Waals surface area (Å²) >= 11 is 0. The standard InChI is InChI=1S/C57H38/c1-57(2)29-28-41(53-33-40-32-51-44-20-7-5-18-42(44)43-19-6-8-21-45(43)52(51)34-50(40)56(53)57)37-16-13-17-38(31-37)54-46-22-9-11-24-48(46)55(49-25-12-10-23-47(49)54)39-27-26-35-14-3-4-15-36(35)30-39/h3-34H,1-2H3. The van der Waals surface area contributed by atoms with Crippen LogP contribution in [0.25, 0.3) is 104 Å². The fraction of sp³-hybridized carbons (Fsp3) is 0.0526. The predicted octanol–water partition coefficient (Wildman–Crippen LogP) is 13.9. The normalized spacial score (nSPS) is 14.6. The number of hydrogen-bond donors (Lipinski definition) is 0. The average molecular weight is 723 g/mol. The summed E-state index contributed by atoms with van der Waals surface area (Å²) in [5, 5.41) is 18.2. The SMILES string of the molecule is CC1(C)C=CC(c2cccc(-c3c4ccccc4c(-c4ccc5ccccc5c4)c4ccccc34)c2)=C2C=c3cc4c5ccccc5c5ccccc5c4cc3=C21. The number of benzene rings is 10. The number of fused-ring (bicyclic) bond motifs is 11. The minimum Gasteiger partial charge on any atom is -0.0738 e. The summed E-state index contributed by atoms with van der Waals surface area (Å²) in [6, 6.07) is 65.6. The van der Waals surface area contributed by atoms with Crippen LogP contribution in [0.2, 0.25) is 0 Å². The molecular weight excluding hydrogens is 685 g/mol. The van der Waals surface area contributed by atoms with Crippen LogP contribution in [0.3, 0.4) is 0 Å². The maximum Gasteiger partial charge on any atom is 0.00909 e. The first kappa shape index (κ1) is 32.2. The zero-order chi connectivity index (χ0) is 37.8. The fourth-order valence-electron chi connectivity index (χ4n) is 10.2. The second kappa shape index (κ2) is 12.0. The van der Waals surface area contributed by atoms with Crippen molar-refractivity contribution in [1.29, 1.82) is 0 Å². The number of allylic oxidation sites excluding steroid dienone is 4. The van der Waals surface area contributed by atoms with Gasteiger partial charge in [0.1, 0.15) is 0 Å². The van der Waals surface area contributed by atoms with E-state index in [2.05, 4.69) is 208 Å². The molecule has 2 aliphatic rings. The molecule has 0 heterocycles. The largest absolute Gasteiger partial charge is 0.0738 e. The second-order valence-corrected chi connectivity index (χ2v) is 16.5. The average Bonchev–Trinajstić information content (AvgIpc) is 3.65. The fourth-order valence-corrected chi connectivity index (χ4v) is 10.2. The van der Waals surface area contributed by atoms with Gasteiger partial charge in [-0.1, -0.05) is 178 Å². The van der Waals surface area contributed by atoms with Crippen LogP contribution in [0.1, 0.15) is 19.4 Å². The highest BCUT2D eigenvalue weighted by Crippen LogP contribution is 2.47. The molecule has 0 aliphatic heterocycles. The molecule has 12 rings (SSSR count). The van der Waals surface area contributed by atoms with Gasteiger partial charge >= 0.3 is 0 Å². The van der Waals surface area contributed by atoms with E-state index < -0.39 is 0 Å². The molecule has 0 N–H and O–H groups in total. The lowest BCUT2D eigenvalue weighted by atomic mass is 9.74. The van der Waals surface area contributed by atoms with Crippen LogP contribution in [0.5, 0.6) is 0 Å². The summed E-state index contributed by atoms with van der Waals surface area (Å²) in [6.07, 6.45) is 7.26. The van der Waals surface area contributed by atoms with Gasteiger partial charge in [0.15, 0.2) is 0 Å².